The van der Waals surface area contributed by atoms with Gasteiger partial charge in [0.05, 0.1) is 36.0 Å². The molecule has 2 aromatic carbocycles. The number of carboxylic acids is 1. The van der Waals surface area contributed by atoms with Crippen LogP contribution >= 0.6 is 0 Å². The number of aromatic nitrogens is 2. The van der Waals surface area contributed by atoms with Gasteiger partial charge < -0.3 is 14.6 Å². The minimum atomic E-state index is -5.07. The van der Waals surface area contributed by atoms with E-state index in [9.17, 15) is 45.4 Å². The molecular formula is C33H30F7N3O5. The van der Waals surface area contributed by atoms with Gasteiger partial charge in [0, 0.05) is 12.1 Å². The Labute approximate surface area is 270 Å². The van der Waals surface area contributed by atoms with E-state index in [4.69, 9.17) is 9.47 Å². The Kier molecular flexibility index (Phi) is 8.95. The average Bonchev–Trinajstić information content (AvgIpc) is 3.27. The number of alkyl halides is 6. The maximum absolute atomic E-state index is 14.5. The monoisotopic (exact) mass is 681 g/mol. The summed E-state index contributed by atoms with van der Waals surface area (Å²) in [5.41, 5.74) is -2.37. The lowest BCUT2D eigenvalue weighted by molar-refractivity contribution is -0.143. The van der Waals surface area contributed by atoms with E-state index in [1.807, 2.05) is 13.8 Å². The van der Waals surface area contributed by atoms with Crippen LogP contribution in [0.15, 0.2) is 48.2 Å². The molecule has 8 nitrogen and oxygen atoms in total. The fraction of sp³-hybridized carbons (Fsp3) is 0.394. The standard InChI is InChI=1S/C33H30F7N3O5/c1-16-27(18-9-20(32(35,36)37)12-21(10-18)33(38,39)40)48-30(46)43(16)15-19-13-31(2,3)8-7-22(19)26-25(47-4)14-41-28(42-26)17-5-6-23(29(44)45)24(34)11-17/h5-6,9-12,14,16,27H,7-8,13,15H2,1-4H3,(H,44,45)/t16?,27-/m0/s1. The lowest BCUT2D eigenvalue weighted by Gasteiger charge is -2.35. The first-order valence-corrected chi connectivity index (χ1v) is 14.7. The summed E-state index contributed by atoms with van der Waals surface area (Å²) in [6, 6.07) is 3.61. The van der Waals surface area contributed by atoms with Gasteiger partial charge in [-0.15, -0.1) is 0 Å². The molecule has 0 radical (unpaired) electrons. The zero-order chi connectivity index (χ0) is 35.3. The first-order chi connectivity index (χ1) is 22.3. The van der Waals surface area contributed by atoms with Crippen molar-refractivity contribution in [2.75, 3.05) is 13.7 Å². The number of nitrogens with zero attached hydrogens (tertiary/aromatic N) is 3. The van der Waals surface area contributed by atoms with E-state index in [1.165, 1.54) is 31.2 Å². The second-order valence-electron chi connectivity index (χ2n) is 12.5. The number of cyclic esters (lactones) is 1. The van der Waals surface area contributed by atoms with E-state index < -0.39 is 64.6 Å². The number of carboxylic acid groups (broad SMARTS) is 1. The number of methoxy groups -OCH3 is 1. The van der Waals surface area contributed by atoms with Gasteiger partial charge in [-0.3, -0.25) is 4.90 Å². The van der Waals surface area contributed by atoms with Gasteiger partial charge in [0.1, 0.15) is 17.6 Å². The summed E-state index contributed by atoms with van der Waals surface area (Å²) in [4.78, 5) is 34.6. The van der Waals surface area contributed by atoms with Crippen LogP contribution in [0.3, 0.4) is 0 Å². The van der Waals surface area contributed by atoms with Crippen LogP contribution in [0.25, 0.3) is 17.0 Å². The molecular weight excluding hydrogens is 651 g/mol. The Hall–Kier alpha value is -4.69. The van der Waals surface area contributed by atoms with Gasteiger partial charge in [-0.25, -0.2) is 23.9 Å². The molecule has 15 heteroatoms. The summed E-state index contributed by atoms with van der Waals surface area (Å²) in [6.07, 6.45) is -9.55. The van der Waals surface area contributed by atoms with Gasteiger partial charge in [0.25, 0.3) is 0 Å². The molecule has 1 N–H and O–H groups in total. The molecule has 1 amide bonds. The van der Waals surface area contributed by atoms with Gasteiger partial charge in [0.2, 0.25) is 0 Å². The molecule has 48 heavy (non-hydrogen) atoms. The topological polar surface area (TPSA) is 102 Å². The predicted octanol–water partition coefficient (Wildman–Crippen LogP) is 8.57. The number of aromatic carboxylic acids is 1. The molecule has 256 valence electrons. The first kappa shape index (κ1) is 34.6. The third kappa shape index (κ3) is 6.95. The largest absolute Gasteiger partial charge is 0.493 e. The van der Waals surface area contributed by atoms with E-state index in [0.717, 1.165) is 12.1 Å². The fourth-order valence-corrected chi connectivity index (χ4v) is 6.06. The normalized spacial score (nSPS) is 19.8. The van der Waals surface area contributed by atoms with Crippen molar-refractivity contribution in [1.29, 1.82) is 0 Å². The molecule has 0 spiro atoms. The summed E-state index contributed by atoms with van der Waals surface area (Å²) < 4.78 is 107. The second-order valence-corrected chi connectivity index (χ2v) is 12.5. The van der Waals surface area contributed by atoms with Gasteiger partial charge in [-0.05, 0) is 78.6 Å². The Bertz CT molecular complexity index is 1770. The molecule has 1 aromatic heterocycles. The Morgan fingerprint density at radius 2 is 1.73 bits per heavy atom. The third-order valence-corrected chi connectivity index (χ3v) is 8.58. The zero-order valence-electron chi connectivity index (χ0n) is 26.1. The van der Waals surface area contributed by atoms with Crippen LogP contribution in [0.2, 0.25) is 0 Å². The minimum absolute atomic E-state index is 0.0160. The van der Waals surface area contributed by atoms with Crippen molar-refractivity contribution in [2.24, 2.45) is 5.41 Å². The summed E-state index contributed by atoms with van der Waals surface area (Å²) in [5, 5.41) is 9.18. The van der Waals surface area contributed by atoms with E-state index >= 15 is 0 Å². The molecule has 1 aliphatic carbocycles. The first-order valence-electron chi connectivity index (χ1n) is 14.7. The Balaban J connectivity index is 1.54. The highest BCUT2D eigenvalue weighted by molar-refractivity contribution is 5.88. The molecule has 0 saturated carbocycles. The highest BCUT2D eigenvalue weighted by Crippen LogP contribution is 2.46. The van der Waals surface area contributed by atoms with Crippen LogP contribution in [-0.4, -0.2) is 51.7 Å². The van der Waals surface area contributed by atoms with Crippen molar-refractivity contribution in [3.63, 3.8) is 0 Å². The molecule has 1 saturated heterocycles. The van der Waals surface area contributed by atoms with E-state index in [1.54, 1.807) is 0 Å². The van der Waals surface area contributed by atoms with E-state index in [0.29, 0.717) is 48.2 Å². The van der Waals surface area contributed by atoms with Crippen LogP contribution in [0, 0.1) is 11.2 Å². The van der Waals surface area contributed by atoms with Crippen molar-refractivity contribution in [2.45, 2.75) is 64.5 Å². The molecule has 1 fully saturated rings. The van der Waals surface area contributed by atoms with Crippen molar-refractivity contribution < 1.29 is 54.9 Å². The number of hydrogen-bond acceptors (Lipinski definition) is 6. The Morgan fingerprint density at radius 1 is 1.08 bits per heavy atom. The van der Waals surface area contributed by atoms with Crippen molar-refractivity contribution in [3.05, 3.63) is 81.9 Å². The molecule has 5 rings (SSSR count). The smallest absolute Gasteiger partial charge is 0.416 e. The molecule has 1 unspecified atom stereocenters. The van der Waals surface area contributed by atoms with Gasteiger partial charge in [-0.1, -0.05) is 19.9 Å². The van der Waals surface area contributed by atoms with Gasteiger partial charge in [-0.2, -0.15) is 26.3 Å². The summed E-state index contributed by atoms with van der Waals surface area (Å²) in [7, 11) is 1.39. The number of hydrogen-bond donors (Lipinski definition) is 1. The number of amides is 1. The SMILES string of the molecule is COc1cnc(-c2ccc(C(=O)O)c(F)c2)nc1C1=C(CN2C(=O)O[C@H](c3cc(C(F)(F)F)cc(C(F)(F)F)c3)C2C)CC(C)(C)CC1. The number of rotatable bonds is 7. The molecule has 1 aliphatic heterocycles. The maximum atomic E-state index is 14.5. The van der Waals surface area contributed by atoms with Gasteiger partial charge in [0.15, 0.2) is 11.6 Å². The minimum Gasteiger partial charge on any atom is -0.493 e. The summed E-state index contributed by atoms with van der Waals surface area (Å²) >= 11 is 0. The predicted molar refractivity (Wildman–Crippen MR) is 157 cm³/mol. The van der Waals surface area contributed by atoms with Crippen LogP contribution in [0.4, 0.5) is 35.5 Å². The lowest BCUT2D eigenvalue weighted by atomic mass is 9.73. The average molecular weight is 682 g/mol. The van der Waals surface area contributed by atoms with Crippen molar-refractivity contribution in [1.82, 2.24) is 14.9 Å². The number of carbonyl (C=O) groups is 2. The summed E-state index contributed by atoms with van der Waals surface area (Å²) in [6.45, 7) is 5.42. The van der Waals surface area contributed by atoms with E-state index in [2.05, 4.69) is 9.97 Å². The number of allylic oxidation sites excluding steroid dienone is 1. The Morgan fingerprint density at radius 3 is 2.29 bits per heavy atom. The van der Waals surface area contributed by atoms with Gasteiger partial charge >= 0.3 is 24.4 Å². The molecule has 2 atom stereocenters. The quantitative estimate of drug-likeness (QED) is 0.249. The summed E-state index contributed by atoms with van der Waals surface area (Å²) in [5.74, 6) is -2.11. The highest BCUT2D eigenvalue weighted by Gasteiger charge is 2.44. The molecule has 3 aromatic rings. The number of halogens is 7. The number of ether oxygens (including phenoxy) is 2. The molecule has 2 aliphatic rings. The fourth-order valence-electron chi connectivity index (χ4n) is 6.06. The zero-order valence-corrected chi connectivity index (χ0v) is 26.1. The maximum Gasteiger partial charge on any atom is 0.416 e. The molecule has 0 bridgehead atoms. The van der Waals surface area contributed by atoms with Crippen LogP contribution in [0.1, 0.15) is 78.9 Å². The third-order valence-electron chi connectivity index (χ3n) is 8.58. The van der Waals surface area contributed by atoms with Crippen molar-refractivity contribution in [3.8, 4) is 17.1 Å². The number of benzene rings is 2. The van der Waals surface area contributed by atoms with Crippen LogP contribution < -0.4 is 4.74 Å². The van der Waals surface area contributed by atoms with Crippen molar-refractivity contribution >= 4 is 17.6 Å². The van der Waals surface area contributed by atoms with Crippen LogP contribution in [0.5, 0.6) is 5.75 Å². The van der Waals surface area contributed by atoms with Crippen LogP contribution in [-0.2, 0) is 17.1 Å². The highest BCUT2D eigenvalue weighted by atomic mass is 19.4. The van der Waals surface area contributed by atoms with E-state index in [-0.39, 0.29) is 35.2 Å². The molecule has 2 heterocycles. The lowest BCUT2D eigenvalue weighted by Crippen LogP contribution is -2.35. The second kappa shape index (κ2) is 12.4. The number of carbonyl (C=O) groups excluding carboxylic acids is 1.